The van der Waals surface area contributed by atoms with Gasteiger partial charge in [0.25, 0.3) is 0 Å². The van der Waals surface area contributed by atoms with Gasteiger partial charge in [0.2, 0.25) is 15.9 Å². The minimum Gasteiger partial charge on any atom is -0.494 e. The fraction of sp³-hybridized carbons (Fsp3) is 0.522. The number of sulfonamides is 1. The monoisotopic (exact) mass is 446 g/mol. The third-order valence-electron chi connectivity index (χ3n) is 6.11. The summed E-state index contributed by atoms with van der Waals surface area (Å²) in [6, 6.07) is 10.5. The zero-order chi connectivity index (χ0) is 22.0. The van der Waals surface area contributed by atoms with E-state index in [0.29, 0.717) is 63.2 Å². The highest BCUT2D eigenvalue weighted by Crippen LogP contribution is 2.47. The third kappa shape index (κ3) is 4.96. The summed E-state index contributed by atoms with van der Waals surface area (Å²) in [7, 11) is -3.58. The first-order chi connectivity index (χ1) is 14.9. The van der Waals surface area contributed by atoms with Gasteiger partial charge in [-0.3, -0.25) is 4.79 Å². The summed E-state index contributed by atoms with van der Waals surface area (Å²) in [6.45, 7) is 6.02. The molecule has 31 heavy (non-hydrogen) atoms. The number of carbonyl (C=O) groups excluding carboxylic acids is 1. The van der Waals surface area contributed by atoms with Crippen LogP contribution in [0.3, 0.4) is 0 Å². The van der Waals surface area contributed by atoms with Crippen LogP contribution in [0.5, 0.6) is 5.75 Å². The molecule has 7 nitrogen and oxygen atoms in total. The topological polar surface area (TPSA) is 80.1 Å². The molecule has 1 aromatic heterocycles. The molecule has 168 valence electrons. The largest absolute Gasteiger partial charge is 0.494 e. The van der Waals surface area contributed by atoms with Gasteiger partial charge in [0.1, 0.15) is 17.3 Å². The second kappa shape index (κ2) is 9.04. The van der Waals surface area contributed by atoms with Crippen LogP contribution in [0.25, 0.3) is 0 Å². The first-order valence-corrected chi connectivity index (χ1v) is 12.4. The van der Waals surface area contributed by atoms with Crippen LogP contribution in [0.1, 0.15) is 44.1 Å². The lowest BCUT2D eigenvalue weighted by Gasteiger charge is -2.34. The molecule has 1 aliphatic heterocycles. The number of benzene rings is 1. The Morgan fingerprint density at radius 2 is 1.77 bits per heavy atom. The van der Waals surface area contributed by atoms with Gasteiger partial charge in [-0.2, -0.15) is 4.31 Å². The molecule has 2 heterocycles. The van der Waals surface area contributed by atoms with Crippen LogP contribution in [0, 0.1) is 5.92 Å². The minimum absolute atomic E-state index is 0.0378. The molecular weight excluding hydrogens is 416 g/mol. The van der Waals surface area contributed by atoms with Crippen LogP contribution in [-0.4, -0.2) is 56.3 Å². The fourth-order valence-corrected chi connectivity index (χ4v) is 5.46. The van der Waals surface area contributed by atoms with Gasteiger partial charge in [0, 0.05) is 44.9 Å². The Morgan fingerprint density at radius 3 is 2.39 bits per heavy atom. The fourth-order valence-electron chi connectivity index (χ4n) is 4.04. The molecule has 1 saturated carbocycles. The maximum absolute atomic E-state index is 12.9. The Kier molecular flexibility index (Phi) is 6.39. The molecule has 2 fully saturated rings. The average Bonchev–Trinajstić information content (AvgIpc) is 3.32. The Balaban J connectivity index is 1.27. The Morgan fingerprint density at radius 1 is 1.10 bits per heavy atom. The van der Waals surface area contributed by atoms with E-state index in [1.807, 2.05) is 19.1 Å². The van der Waals surface area contributed by atoms with E-state index in [4.69, 9.17) is 9.15 Å². The number of amides is 1. The first kappa shape index (κ1) is 21.9. The minimum atomic E-state index is -3.58. The smallest absolute Gasteiger partial charge is 0.243 e. The van der Waals surface area contributed by atoms with E-state index >= 15 is 0 Å². The molecule has 2 unspecified atom stereocenters. The van der Waals surface area contributed by atoms with E-state index in [2.05, 4.69) is 6.92 Å². The summed E-state index contributed by atoms with van der Waals surface area (Å²) >= 11 is 0. The Labute approximate surface area is 184 Å². The number of furan rings is 1. The van der Waals surface area contributed by atoms with Gasteiger partial charge in [0.05, 0.1) is 11.5 Å². The van der Waals surface area contributed by atoms with Crippen LogP contribution < -0.4 is 4.74 Å². The van der Waals surface area contributed by atoms with Crippen LogP contribution in [0.15, 0.2) is 45.7 Å². The van der Waals surface area contributed by atoms with Crippen molar-refractivity contribution in [2.75, 3.05) is 32.8 Å². The second-order valence-electron chi connectivity index (χ2n) is 8.31. The lowest BCUT2D eigenvalue weighted by molar-refractivity contribution is -0.132. The molecule has 2 atom stereocenters. The Hall–Kier alpha value is -2.32. The van der Waals surface area contributed by atoms with Crippen LogP contribution >= 0.6 is 0 Å². The molecule has 2 aliphatic rings. The molecule has 0 N–H and O–H groups in total. The molecule has 1 aromatic carbocycles. The number of aryl methyl sites for hydroxylation is 1. The van der Waals surface area contributed by atoms with E-state index in [1.165, 1.54) is 10.7 Å². The predicted octanol–water partition coefficient (Wildman–Crippen LogP) is 3.27. The number of ether oxygens (including phenoxy) is 1. The van der Waals surface area contributed by atoms with Crippen LogP contribution in [-0.2, 0) is 21.2 Å². The quantitative estimate of drug-likeness (QED) is 0.622. The van der Waals surface area contributed by atoms with E-state index in [9.17, 15) is 13.2 Å². The average molecular weight is 447 g/mol. The Bertz CT molecular complexity index is 1010. The first-order valence-electron chi connectivity index (χ1n) is 11.0. The summed E-state index contributed by atoms with van der Waals surface area (Å²) in [6.07, 6.45) is 2.12. The normalized spacial score (nSPS) is 21.8. The van der Waals surface area contributed by atoms with Gasteiger partial charge in [0.15, 0.2) is 0 Å². The maximum Gasteiger partial charge on any atom is 0.243 e. The van der Waals surface area contributed by atoms with Gasteiger partial charge in [-0.25, -0.2) is 8.42 Å². The van der Waals surface area contributed by atoms with Gasteiger partial charge in [-0.15, -0.1) is 0 Å². The van der Waals surface area contributed by atoms with Crippen molar-refractivity contribution in [3.63, 3.8) is 0 Å². The predicted molar refractivity (Wildman–Crippen MR) is 117 cm³/mol. The molecule has 4 rings (SSSR count). The molecule has 1 aliphatic carbocycles. The number of piperazine rings is 1. The zero-order valence-corrected chi connectivity index (χ0v) is 18.9. The van der Waals surface area contributed by atoms with Crippen molar-refractivity contribution >= 4 is 15.9 Å². The highest BCUT2D eigenvalue weighted by atomic mass is 32.2. The SMILES string of the molecule is CCOc1ccc(S(=O)(=O)N2CCN(C(=O)CCc3ccc(C4CC4C)o3)CC2)cc1. The number of hydrogen-bond acceptors (Lipinski definition) is 5. The van der Waals surface area contributed by atoms with E-state index in [0.717, 1.165) is 11.5 Å². The number of carbonyl (C=O) groups is 1. The van der Waals surface area contributed by atoms with Gasteiger partial charge >= 0.3 is 0 Å². The lowest BCUT2D eigenvalue weighted by Crippen LogP contribution is -2.50. The highest BCUT2D eigenvalue weighted by Gasteiger charge is 2.36. The van der Waals surface area contributed by atoms with Crippen molar-refractivity contribution in [3.05, 3.63) is 47.9 Å². The van der Waals surface area contributed by atoms with Crippen LogP contribution in [0.4, 0.5) is 0 Å². The lowest BCUT2D eigenvalue weighted by atomic mass is 10.2. The molecule has 0 radical (unpaired) electrons. The van der Waals surface area contributed by atoms with E-state index in [1.54, 1.807) is 29.2 Å². The molecule has 0 bridgehead atoms. The van der Waals surface area contributed by atoms with Crippen molar-refractivity contribution in [1.29, 1.82) is 0 Å². The summed E-state index contributed by atoms with van der Waals surface area (Å²) in [5, 5.41) is 0. The molecule has 2 aromatic rings. The van der Waals surface area contributed by atoms with Crippen molar-refractivity contribution in [1.82, 2.24) is 9.21 Å². The molecule has 1 saturated heterocycles. The standard InChI is InChI=1S/C23H30N2O5S/c1-3-29-18-4-8-20(9-5-18)31(27,28)25-14-12-24(13-15-25)23(26)11-7-19-6-10-22(30-19)21-16-17(21)2/h4-6,8-10,17,21H,3,7,11-16H2,1-2H3. The molecule has 8 heteroatoms. The van der Waals surface area contributed by atoms with Crippen molar-refractivity contribution in [2.24, 2.45) is 5.92 Å². The van der Waals surface area contributed by atoms with Crippen molar-refractivity contribution < 1.29 is 22.4 Å². The van der Waals surface area contributed by atoms with Gasteiger partial charge in [-0.1, -0.05) is 6.92 Å². The van der Waals surface area contributed by atoms with Crippen molar-refractivity contribution in [2.45, 2.75) is 43.9 Å². The number of rotatable bonds is 8. The number of hydrogen-bond donors (Lipinski definition) is 0. The summed E-state index contributed by atoms with van der Waals surface area (Å²) in [4.78, 5) is 14.6. The van der Waals surface area contributed by atoms with Crippen molar-refractivity contribution in [3.8, 4) is 5.75 Å². The third-order valence-corrected chi connectivity index (χ3v) is 8.02. The zero-order valence-electron chi connectivity index (χ0n) is 18.1. The number of nitrogens with zero attached hydrogens (tertiary/aromatic N) is 2. The van der Waals surface area contributed by atoms with E-state index < -0.39 is 10.0 Å². The molecule has 0 spiro atoms. The summed E-state index contributed by atoms with van der Waals surface area (Å²) < 4.78 is 38.5. The van der Waals surface area contributed by atoms with Crippen LogP contribution in [0.2, 0.25) is 0 Å². The maximum atomic E-state index is 12.9. The highest BCUT2D eigenvalue weighted by molar-refractivity contribution is 7.89. The van der Waals surface area contributed by atoms with E-state index in [-0.39, 0.29) is 10.8 Å². The van der Waals surface area contributed by atoms with Gasteiger partial charge in [-0.05, 0) is 55.7 Å². The summed E-state index contributed by atoms with van der Waals surface area (Å²) in [5.74, 6) is 3.79. The molecule has 1 amide bonds. The second-order valence-corrected chi connectivity index (χ2v) is 10.3. The summed E-state index contributed by atoms with van der Waals surface area (Å²) in [5.41, 5.74) is 0. The van der Waals surface area contributed by atoms with Gasteiger partial charge < -0.3 is 14.1 Å². The molecular formula is C23H30N2O5S.